The van der Waals surface area contributed by atoms with E-state index in [9.17, 15) is 4.79 Å². The van der Waals surface area contributed by atoms with Crippen LogP contribution < -0.4 is 10.2 Å². The van der Waals surface area contributed by atoms with Gasteiger partial charge >= 0.3 is 0 Å². The van der Waals surface area contributed by atoms with Crippen LogP contribution in [0.25, 0.3) is 0 Å². The lowest BCUT2D eigenvalue weighted by Crippen LogP contribution is -2.59. The third-order valence-corrected chi connectivity index (χ3v) is 3.73. The van der Waals surface area contributed by atoms with Crippen molar-refractivity contribution >= 4 is 11.7 Å². The van der Waals surface area contributed by atoms with E-state index in [-0.39, 0.29) is 11.9 Å². The first-order valence-corrected chi connectivity index (χ1v) is 7.31. The van der Waals surface area contributed by atoms with E-state index < -0.39 is 0 Å². The van der Waals surface area contributed by atoms with Gasteiger partial charge in [-0.2, -0.15) is 5.10 Å². The van der Waals surface area contributed by atoms with E-state index in [1.165, 1.54) is 0 Å². The van der Waals surface area contributed by atoms with E-state index in [1.54, 1.807) is 17.8 Å². The number of hydrogen-bond acceptors (Lipinski definition) is 5. The van der Waals surface area contributed by atoms with Gasteiger partial charge in [-0.1, -0.05) is 0 Å². The van der Waals surface area contributed by atoms with Gasteiger partial charge in [0.05, 0.1) is 11.7 Å². The molecule has 0 unspecified atom stereocenters. The number of aryl methyl sites for hydroxylation is 4. The van der Waals surface area contributed by atoms with Gasteiger partial charge in [0.15, 0.2) is 0 Å². The highest BCUT2D eigenvalue weighted by Gasteiger charge is 2.30. The van der Waals surface area contributed by atoms with Gasteiger partial charge in [-0.05, 0) is 26.8 Å². The Morgan fingerprint density at radius 1 is 1.18 bits per heavy atom. The molecule has 1 aliphatic rings. The van der Waals surface area contributed by atoms with Crippen LogP contribution in [-0.2, 0) is 7.05 Å². The van der Waals surface area contributed by atoms with Gasteiger partial charge in [-0.25, -0.2) is 9.97 Å². The molecule has 0 spiro atoms. The smallest absolute Gasteiger partial charge is 0.269 e. The SMILES string of the molecule is Cc1cc(N2CC(NC(=O)c3cc(C)nn3C)C2)nc(C)n1. The van der Waals surface area contributed by atoms with Gasteiger partial charge in [0.2, 0.25) is 0 Å². The summed E-state index contributed by atoms with van der Waals surface area (Å²) in [6.07, 6.45) is 0. The lowest BCUT2D eigenvalue weighted by atomic mass is 10.1. The predicted molar refractivity (Wildman–Crippen MR) is 82.9 cm³/mol. The number of nitrogens with zero attached hydrogens (tertiary/aromatic N) is 5. The van der Waals surface area contributed by atoms with E-state index in [0.29, 0.717) is 5.69 Å². The van der Waals surface area contributed by atoms with Crippen LogP contribution in [0.1, 0.15) is 27.7 Å². The Hall–Kier alpha value is -2.44. The molecule has 0 bridgehead atoms. The van der Waals surface area contributed by atoms with Crippen molar-refractivity contribution in [3.05, 3.63) is 35.0 Å². The van der Waals surface area contributed by atoms with Gasteiger partial charge in [0.1, 0.15) is 17.3 Å². The second kappa shape index (κ2) is 5.40. The molecule has 0 saturated carbocycles. The molecule has 1 fully saturated rings. The summed E-state index contributed by atoms with van der Waals surface area (Å²) in [6.45, 7) is 7.25. The summed E-state index contributed by atoms with van der Waals surface area (Å²) in [4.78, 5) is 23.1. The molecular weight excluding hydrogens is 280 g/mol. The molecule has 22 heavy (non-hydrogen) atoms. The lowest BCUT2D eigenvalue weighted by Gasteiger charge is -2.40. The zero-order valence-electron chi connectivity index (χ0n) is 13.3. The van der Waals surface area contributed by atoms with Gasteiger partial charge in [0, 0.05) is 31.9 Å². The molecule has 0 aliphatic carbocycles. The van der Waals surface area contributed by atoms with E-state index >= 15 is 0 Å². The Bertz CT molecular complexity index is 697. The largest absolute Gasteiger partial charge is 0.352 e. The van der Waals surface area contributed by atoms with Crippen LogP contribution in [0.15, 0.2) is 12.1 Å². The number of aromatic nitrogens is 4. The number of amides is 1. The lowest BCUT2D eigenvalue weighted by molar-refractivity contribution is 0.0920. The highest BCUT2D eigenvalue weighted by Crippen LogP contribution is 2.19. The van der Waals surface area contributed by atoms with Crippen molar-refractivity contribution in [2.24, 2.45) is 7.05 Å². The summed E-state index contributed by atoms with van der Waals surface area (Å²) in [6, 6.07) is 3.90. The normalized spacial score (nSPS) is 14.8. The maximum Gasteiger partial charge on any atom is 0.269 e. The van der Waals surface area contributed by atoms with E-state index in [2.05, 4.69) is 25.3 Å². The van der Waals surface area contributed by atoms with Crippen LogP contribution >= 0.6 is 0 Å². The Morgan fingerprint density at radius 2 is 1.91 bits per heavy atom. The Kier molecular flexibility index (Phi) is 3.56. The number of rotatable bonds is 3. The van der Waals surface area contributed by atoms with E-state index in [0.717, 1.165) is 36.1 Å². The fraction of sp³-hybridized carbons (Fsp3) is 0.467. The van der Waals surface area contributed by atoms with Crippen molar-refractivity contribution in [1.29, 1.82) is 0 Å². The molecule has 2 aromatic rings. The van der Waals surface area contributed by atoms with Crippen molar-refractivity contribution in [2.45, 2.75) is 26.8 Å². The number of nitrogens with one attached hydrogen (secondary N) is 1. The monoisotopic (exact) mass is 300 g/mol. The molecule has 116 valence electrons. The highest BCUT2D eigenvalue weighted by molar-refractivity contribution is 5.93. The zero-order valence-corrected chi connectivity index (χ0v) is 13.3. The number of carbonyl (C=O) groups is 1. The molecule has 1 N–H and O–H groups in total. The maximum atomic E-state index is 12.2. The van der Waals surface area contributed by atoms with Gasteiger partial charge < -0.3 is 10.2 Å². The fourth-order valence-corrected chi connectivity index (χ4v) is 2.70. The summed E-state index contributed by atoms with van der Waals surface area (Å²) >= 11 is 0. The minimum atomic E-state index is -0.0807. The molecule has 0 radical (unpaired) electrons. The first-order chi connectivity index (χ1) is 10.4. The van der Waals surface area contributed by atoms with E-state index in [4.69, 9.17) is 0 Å². The molecule has 1 saturated heterocycles. The molecule has 0 aromatic carbocycles. The van der Waals surface area contributed by atoms with Crippen LogP contribution in [0.3, 0.4) is 0 Å². The zero-order chi connectivity index (χ0) is 15.9. The van der Waals surface area contributed by atoms with Crippen LogP contribution in [0.4, 0.5) is 5.82 Å². The molecule has 1 aliphatic heterocycles. The van der Waals surface area contributed by atoms with Crippen LogP contribution in [-0.4, -0.2) is 44.8 Å². The third-order valence-electron chi connectivity index (χ3n) is 3.73. The number of carbonyl (C=O) groups excluding carboxylic acids is 1. The van der Waals surface area contributed by atoms with Crippen LogP contribution in [0.5, 0.6) is 0 Å². The molecule has 7 heteroatoms. The van der Waals surface area contributed by atoms with Crippen molar-refractivity contribution in [3.63, 3.8) is 0 Å². The number of anilines is 1. The average molecular weight is 300 g/mol. The second-order valence-electron chi connectivity index (χ2n) is 5.78. The van der Waals surface area contributed by atoms with Crippen LogP contribution in [0, 0.1) is 20.8 Å². The average Bonchev–Trinajstić information content (AvgIpc) is 2.71. The molecular formula is C15H20N6O. The summed E-state index contributed by atoms with van der Waals surface area (Å²) in [5, 5.41) is 7.22. The topological polar surface area (TPSA) is 75.9 Å². The maximum absolute atomic E-state index is 12.2. The third kappa shape index (κ3) is 2.79. The van der Waals surface area contributed by atoms with Crippen LogP contribution in [0.2, 0.25) is 0 Å². The molecule has 2 aromatic heterocycles. The first kappa shape index (κ1) is 14.5. The minimum absolute atomic E-state index is 0.0807. The second-order valence-corrected chi connectivity index (χ2v) is 5.78. The Balaban J connectivity index is 1.59. The first-order valence-electron chi connectivity index (χ1n) is 7.31. The minimum Gasteiger partial charge on any atom is -0.352 e. The molecule has 1 amide bonds. The van der Waals surface area contributed by atoms with E-state index in [1.807, 2.05) is 26.8 Å². The van der Waals surface area contributed by atoms with Gasteiger partial charge in [-0.15, -0.1) is 0 Å². The molecule has 0 atom stereocenters. The standard InChI is InChI=1S/C15H20N6O/c1-9-6-14(17-11(3)16-9)21-7-12(8-21)18-15(22)13-5-10(2)19-20(13)4/h5-6,12H,7-8H2,1-4H3,(H,18,22). The summed E-state index contributed by atoms with van der Waals surface area (Å²) in [5.74, 6) is 1.61. The fourth-order valence-electron chi connectivity index (χ4n) is 2.70. The molecule has 3 rings (SSSR count). The summed E-state index contributed by atoms with van der Waals surface area (Å²) in [7, 11) is 1.78. The molecule has 3 heterocycles. The summed E-state index contributed by atoms with van der Waals surface area (Å²) in [5.41, 5.74) is 2.39. The Labute approximate surface area is 129 Å². The van der Waals surface area contributed by atoms with Crippen molar-refractivity contribution in [1.82, 2.24) is 25.1 Å². The predicted octanol–water partition coefficient (Wildman–Crippen LogP) is 0.754. The number of hydrogen-bond donors (Lipinski definition) is 1. The quantitative estimate of drug-likeness (QED) is 0.905. The van der Waals surface area contributed by atoms with Crippen molar-refractivity contribution < 1.29 is 4.79 Å². The van der Waals surface area contributed by atoms with Gasteiger partial charge in [0.25, 0.3) is 5.91 Å². The molecule has 7 nitrogen and oxygen atoms in total. The summed E-state index contributed by atoms with van der Waals surface area (Å²) < 4.78 is 1.61. The van der Waals surface area contributed by atoms with Gasteiger partial charge in [-0.3, -0.25) is 9.48 Å². The van der Waals surface area contributed by atoms with Crippen molar-refractivity contribution in [2.75, 3.05) is 18.0 Å². The Morgan fingerprint density at radius 3 is 2.50 bits per heavy atom. The van der Waals surface area contributed by atoms with Crippen molar-refractivity contribution in [3.8, 4) is 0 Å². The highest BCUT2D eigenvalue weighted by atomic mass is 16.2.